The van der Waals surface area contributed by atoms with Crippen molar-refractivity contribution in [3.8, 4) is 17.2 Å². The lowest BCUT2D eigenvalue weighted by atomic mass is 10.0. The molecule has 0 amide bonds. The van der Waals surface area contributed by atoms with Crippen LogP contribution in [-0.2, 0) is 6.42 Å². The van der Waals surface area contributed by atoms with Gasteiger partial charge in [0.1, 0.15) is 5.69 Å². The van der Waals surface area contributed by atoms with E-state index in [0.29, 0.717) is 22.8 Å². The Hall–Kier alpha value is -2.50. The van der Waals surface area contributed by atoms with Crippen molar-refractivity contribution < 1.29 is 4.52 Å². The van der Waals surface area contributed by atoms with Crippen molar-refractivity contribution >= 4 is 0 Å². The molecule has 1 aliphatic carbocycles. The van der Waals surface area contributed by atoms with E-state index >= 15 is 0 Å². The Morgan fingerprint density at radius 2 is 2.23 bits per heavy atom. The van der Waals surface area contributed by atoms with Crippen molar-refractivity contribution in [3.05, 3.63) is 42.7 Å². The Labute approximate surface area is 128 Å². The van der Waals surface area contributed by atoms with E-state index in [4.69, 9.17) is 4.52 Å². The topological polar surface area (TPSA) is 69.6 Å². The van der Waals surface area contributed by atoms with E-state index < -0.39 is 0 Å². The fraction of sp³-hybridized carbons (Fsp3) is 0.375. The SMILES string of the molecule is CC1(CCc2nc(-c3cc(-n4cccn4)ccn3)no2)CC1. The third kappa shape index (κ3) is 2.64. The molecule has 22 heavy (non-hydrogen) atoms. The predicted molar refractivity (Wildman–Crippen MR) is 80.3 cm³/mol. The van der Waals surface area contributed by atoms with Gasteiger partial charge in [0, 0.05) is 25.0 Å². The standard InChI is InChI=1S/C16H17N5O/c1-16(6-7-16)5-3-14-19-15(20-22-14)13-11-12(4-9-17-13)21-10-2-8-18-21/h2,4,8-11H,3,5-7H2,1H3. The van der Waals surface area contributed by atoms with Crippen LogP contribution in [0.25, 0.3) is 17.2 Å². The van der Waals surface area contributed by atoms with E-state index in [0.717, 1.165) is 18.5 Å². The van der Waals surface area contributed by atoms with Crippen LogP contribution < -0.4 is 0 Å². The monoisotopic (exact) mass is 295 g/mol. The van der Waals surface area contributed by atoms with Crippen LogP contribution >= 0.6 is 0 Å². The van der Waals surface area contributed by atoms with Gasteiger partial charge in [0.2, 0.25) is 11.7 Å². The molecule has 0 radical (unpaired) electrons. The van der Waals surface area contributed by atoms with Gasteiger partial charge in [-0.25, -0.2) is 4.68 Å². The average Bonchev–Trinajstić information content (AvgIpc) is 3.02. The quantitative estimate of drug-likeness (QED) is 0.723. The van der Waals surface area contributed by atoms with Crippen LogP contribution in [0.4, 0.5) is 0 Å². The molecule has 1 saturated carbocycles. The first-order valence-electron chi connectivity index (χ1n) is 7.51. The summed E-state index contributed by atoms with van der Waals surface area (Å²) in [4.78, 5) is 8.79. The summed E-state index contributed by atoms with van der Waals surface area (Å²) < 4.78 is 7.13. The molecule has 0 bridgehead atoms. The Bertz CT molecular complexity index is 773. The van der Waals surface area contributed by atoms with Crippen LogP contribution in [0, 0.1) is 5.41 Å². The third-order valence-corrected chi connectivity index (χ3v) is 4.26. The minimum Gasteiger partial charge on any atom is -0.339 e. The molecule has 0 unspecified atom stereocenters. The van der Waals surface area contributed by atoms with E-state index in [1.54, 1.807) is 17.1 Å². The minimum atomic E-state index is 0.493. The molecule has 0 atom stereocenters. The van der Waals surface area contributed by atoms with E-state index in [9.17, 15) is 0 Å². The highest BCUT2D eigenvalue weighted by Gasteiger charge is 2.36. The first-order chi connectivity index (χ1) is 10.7. The summed E-state index contributed by atoms with van der Waals surface area (Å²) in [6.07, 6.45) is 9.91. The number of hydrogen-bond donors (Lipinski definition) is 0. The molecule has 112 valence electrons. The maximum Gasteiger partial charge on any atom is 0.227 e. The zero-order chi connectivity index (χ0) is 15.0. The highest BCUT2D eigenvalue weighted by Crippen LogP contribution is 2.48. The molecule has 3 heterocycles. The maximum absolute atomic E-state index is 5.35. The largest absolute Gasteiger partial charge is 0.339 e. The highest BCUT2D eigenvalue weighted by atomic mass is 16.5. The van der Waals surface area contributed by atoms with E-state index in [1.165, 1.54) is 12.8 Å². The molecule has 0 aliphatic heterocycles. The summed E-state index contributed by atoms with van der Waals surface area (Å²) in [7, 11) is 0. The Morgan fingerprint density at radius 3 is 3.00 bits per heavy atom. The number of hydrogen-bond acceptors (Lipinski definition) is 5. The van der Waals surface area contributed by atoms with Gasteiger partial charge in [-0.05, 0) is 42.9 Å². The fourth-order valence-corrected chi connectivity index (χ4v) is 2.44. The third-order valence-electron chi connectivity index (χ3n) is 4.26. The number of aryl methyl sites for hydroxylation is 1. The lowest BCUT2D eigenvalue weighted by molar-refractivity contribution is 0.362. The molecule has 0 saturated heterocycles. The molecule has 0 aromatic carbocycles. The Balaban J connectivity index is 1.54. The van der Waals surface area contributed by atoms with Crippen molar-refractivity contribution in [2.75, 3.05) is 0 Å². The smallest absolute Gasteiger partial charge is 0.227 e. The van der Waals surface area contributed by atoms with Gasteiger partial charge in [0.15, 0.2) is 0 Å². The summed E-state index contributed by atoms with van der Waals surface area (Å²) in [5.41, 5.74) is 2.11. The second-order valence-electron chi connectivity index (χ2n) is 6.17. The second kappa shape index (κ2) is 5.05. The van der Waals surface area contributed by atoms with Crippen molar-refractivity contribution in [2.45, 2.75) is 32.6 Å². The second-order valence-corrected chi connectivity index (χ2v) is 6.17. The number of rotatable bonds is 5. The van der Waals surface area contributed by atoms with Crippen LogP contribution in [0.5, 0.6) is 0 Å². The molecule has 1 fully saturated rings. The van der Waals surface area contributed by atoms with E-state index in [-0.39, 0.29) is 0 Å². The zero-order valence-electron chi connectivity index (χ0n) is 12.4. The molecule has 0 N–H and O–H groups in total. The summed E-state index contributed by atoms with van der Waals surface area (Å²) in [6.45, 7) is 2.30. The van der Waals surface area contributed by atoms with E-state index in [2.05, 4.69) is 27.1 Å². The molecule has 6 nitrogen and oxygen atoms in total. The Morgan fingerprint density at radius 1 is 1.32 bits per heavy atom. The van der Waals surface area contributed by atoms with Gasteiger partial charge in [-0.2, -0.15) is 10.1 Å². The first kappa shape index (κ1) is 13.2. The van der Waals surface area contributed by atoms with Gasteiger partial charge in [0.25, 0.3) is 0 Å². The van der Waals surface area contributed by atoms with Crippen molar-refractivity contribution in [1.29, 1.82) is 0 Å². The van der Waals surface area contributed by atoms with E-state index in [1.807, 2.05) is 24.4 Å². The molecular weight excluding hydrogens is 278 g/mol. The maximum atomic E-state index is 5.35. The molecule has 3 aromatic heterocycles. The fourth-order valence-electron chi connectivity index (χ4n) is 2.44. The van der Waals surface area contributed by atoms with Crippen LogP contribution in [-0.4, -0.2) is 24.9 Å². The molecule has 3 aromatic rings. The van der Waals surface area contributed by atoms with Gasteiger partial charge < -0.3 is 4.52 Å². The van der Waals surface area contributed by atoms with Crippen LogP contribution in [0.2, 0.25) is 0 Å². The summed E-state index contributed by atoms with van der Waals surface area (Å²) in [6, 6.07) is 5.68. The number of pyridine rings is 1. The summed E-state index contributed by atoms with van der Waals surface area (Å²) in [5, 5.41) is 8.27. The van der Waals surface area contributed by atoms with Crippen LogP contribution in [0.15, 0.2) is 41.3 Å². The van der Waals surface area contributed by atoms with Gasteiger partial charge in [-0.3, -0.25) is 4.98 Å². The highest BCUT2D eigenvalue weighted by molar-refractivity contribution is 5.52. The zero-order valence-corrected chi connectivity index (χ0v) is 12.4. The summed E-state index contributed by atoms with van der Waals surface area (Å²) >= 11 is 0. The number of aromatic nitrogens is 5. The summed E-state index contributed by atoms with van der Waals surface area (Å²) in [5.74, 6) is 1.22. The molecule has 0 spiro atoms. The molecule has 4 rings (SSSR count). The van der Waals surface area contributed by atoms with Crippen LogP contribution in [0.3, 0.4) is 0 Å². The molecule has 6 heteroatoms. The normalized spacial score (nSPS) is 15.9. The van der Waals surface area contributed by atoms with Crippen LogP contribution in [0.1, 0.15) is 32.1 Å². The lowest BCUT2D eigenvalue weighted by Gasteiger charge is -2.03. The van der Waals surface area contributed by atoms with Gasteiger partial charge >= 0.3 is 0 Å². The molecule has 1 aliphatic rings. The average molecular weight is 295 g/mol. The number of nitrogens with zero attached hydrogens (tertiary/aromatic N) is 5. The van der Waals surface area contributed by atoms with Gasteiger partial charge in [-0.15, -0.1) is 0 Å². The van der Waals surface area contributed by atoms with Gasteiger partial charge in [0.05, 0.1) is 5.69 Å². The Kier molecular flexibility index (Phi) is 3.03. The van der Waals surface area contributed by atoms with Gasteiger partial charge in [-0.1, -0.05) is 12.1 Å². The molecular formula is C16H17N5O. The minimum absolute atomic E-state index is 0.493. The van der Waals surface area contributed by atoms with Crippen molar-refractivity contribution in [2.24, 2.45) is 5.41 Å². The van der Waals surface area contributed by atoms with Crippen molar-refractivity contribution in [3.63, 3.8) is 0 Å². The van der Waals surface area contributed by atoms with Crippen molar-refractivity contribution in [1.82, 2.24) is 24.9 Å². The predicted octanol–water partition coefficient (Wildman–Crippen LogP) is 3.05. The lowest BCUT2D eigenvalue weighted by Crippen LogP contribution is -1.97. The first-order valence-corrected chi connectivity index (χ1v) is 7.51.